The number of ketones is 1. The Labute approximate surface area is 111 Å². The lowest BCUT2D eigenvalue weighted by Crippen LogP contribution is -2.02. The topological polar surface area (TPSA) is 26.3 Å². The van der Waals surface area contributed by atoms with Crippen molar-refractivity contribution < 1.29 is 9.53 Å². The standard InChI is InChI=1S/C17H12O2/c18-16-13-7-3-4-8-14(13)17-15(16)9-11-5-1-2-6-12(11)10-19-17/h1-8H,9-10H2. The summed E-state index contributed by atoms with van der Waals surface area (Å²) in [5.74, 6) is 0.888. The first kappa shape index (κ1) is 10.6. The van der Waals surface area contributed by atoms with Crippen molar-refractivity contribution in [3.63, 3.8) is 0 Å². The molecule has 2 nitrogen and oxygen atoms in total. The van der Waals surface area contributed by atoms with E-state index in [1.807, 2.05) is 36.4 Å². The van der Waals surface area contributed by atoms with E-state index < -0.39 is 0 Å². The maximum Gasteiger partial charge on any atom is 0.193 e. The maximum absolute atomic E-state index is 12.5. The predicted molar refractivity (Wildman–Crippen MR) is 72.6 cm³/mol. The number of ether oxygens (including phenoxy) is 1. The van der Waals surface area contributed by atoms with Gasteiger partial charge in [0.1, 0.15) is 12.4 Å². The average Bonchev–Trinajstić information content (AvgIpc) is 2.63. The van der Waals surface area contributed by atoms with Crippen LogP contribution >= 0.6 is 0 Å². The third-order valence-electron chi connectivity index (χ3n) is 3.82. The van der Waals surface area contributed by atoms with Crippen molar-refractivity contribution in [2.75, 3.05) is 0 Å². The quantitative estimate of drug-likeness (QED) is 0.714. The first-order valence-electron chi connectivity index (χ1n) is 6.41. The minimum absolute atomic E-state index is 0.113. The summed E-state index contributed by atoms with van der Waals surface area (Å²) < 4.78 is 5.91. The van der Waals surface area contributed by atoms with Crippen LogP contribution in [0, 0.1) is 0 Å². The second-order valence-electron chi connectivity index (χ2n) is 4.92. The fourth-order valence-corrected chi connectivity index (χ4v) is 2.84. The number of carbonyl (C=O) groups is 1. The van der Waals surface area contributed by atoms with Gasteiger partial charge in [-0.1, -0.05) is 48.5 Å². The van der Waals surface area contributed by atoms with E-state index in [9.17, 15) is 4.79 Å². The van der Waals surface area contributed by atoms with Gasteiger partial charge in [0.25, 0.3) is 0 Å². The molecule has 2 heteroatoms. The van der Waals surface area contributed by atoms with Gasteiger partial charge in [-0.25, -0.2) is 0 Å². The molecule has 0 fully saturated rings. The Kier molecular flexibility index (Phi) is 2.12. The molecule has 2 aromatic rings. The van der Waals surface area contributed by atoms with Crippen LogP contribution in [-0.2, 0) is 17.8 Å². The third-order valence-corrected chi connectivity index (χ3v) is 3.82. The van der Waals surface area contributed by atoms with Crippen molar-refractivity contribution in [2.45, 2.75) is 13.0 Å². The molecule has 0 amide bonds. The number of hydrogen-bond donors (Lipinski definition) is 0. The number of allylic oxidation sites excluding steroid dienone is 1. The molecule has 2 aliphatic rings. The minimum atomic E-state index is 0.113. The van der Waals surface area contributed by atoms with Crippen LogP contribution in [0.3, 0.4) is 0 Å². The number of carbonyl (C=O) groups excluding carboxylic acids is 1. The van der Waals surface area contributed by atoms with E-state index in [4.69, 9.17) is 4.74 Å². The highest BCUT2D eigenvalue weighted by Crippen LogP contribution is 2.38. The summed E-state index contributed by atoms with van der Waals surface area (Å²) in [6.45, 7) is 0.538. The van der Waals surface area contributed by atoms with Crippen molar-refractivity contribution >= 4 is 11.5 Å². The number of fused-ring (bicyclic) bond motifs is 3. The van der Waals surface area contributed by atoms with E-state index in [0.29, 0.717) is 13.0 Å². The summed E-state index contributed by atoms with van der Waals surface area (Å²) in [5.41, 5.74) is 4.86. The minimum Gasteiger partial charge on any atom is -0.488 e. The van der Waals surface area contributed by atoms with Crippen LogP contribution in [0.15, 0.2) is 54.1 Å². The number of rotatable bonds is 0. The zero-order valence-electron chi connectivity index (χ0n) is 10.3. The van der Waals surface area contributed by atoms with Crippen molar-refractivity contribution in [3.05, 3.63) is 76.4 Å². The normalized spacial score (nSPS) is 16.3. The molecule has 0 atom stereocenters. The second-order valence-corrected chi connectivity index (χ2v) is 4.92. The SMILES string of the molecule is O=C1C2=C(OCc3ccccc3C2)c2ccccc21. The molecule has 2 aromatic carbocycles. The fraction of sp³-hybridized carbons (Fsp3) is 0.118. The zero-order chi connectivity index (χ0) is 12.8. The van der Waals surface area contributed by atoms with Crippen molar-refractivity contribution in [2.24, 2.45) is 0 Å². The summed E-state index contributed by atoms with van der Waals surface area (Å²) in [6.07, 6.45) is 0.666. The van der Waals surface area contributed by atoms with E-state index in [-0.39, 0.29) is 5.78 Å². The molecule has 1 heterocycles. The van der Waals surface area contributed by atoms with Crippen molar-refractivity contribution in [1.29, 1.82) is 0 Å². The number of benzene rings is 2. The van der Waals surface area contributed by atoms with Crippen LogP contribution in [-0.4, -0.2) is 5.78 Å². The molecule has 0 radical (unpaired) electrons. The summed E-state index contributed by atoms with van der Waals surface area (Å²) >= 11 is 0. The lowest BCUT2D eigenvalue weighted by atomic mass is 9.99. The molecule has 0 aromatic heterocycles. The zero-order valence-corrected chi connectivity index (χ0v) is 10.3. The Hall–Kier alpha value is -2.35. The molecular formula is C17H12O2. The Morgan fingerprint density at radius 2 is 1.53 bits per heavy atom. The monoisotopic (exact) mass is 248 g/mol. The van der Waals surface area contributed by atoms with Crippen LogP contribution in [0.4, 0.5) is 0 Å². The Morgan fingerprint density at radius 1 is 0.842 bits per heavy atom. The molecule has 0 saturated heterocycles. The Balaban J connectivity index is 1.87. The van der Waals surface area contributed by atoms with Gasteiger partial charge in [-0.2, -0.15) is 0 Å². The van der Waals surface area contributed by atoms with Crippen LogP contribution in [0.5, 0.6) is 0 Å². The molecule has 0 spiro atoms. The van der Waals surface area contributed by atoms with Gasteiger partial charge in [0, 0.05) is 23.1 Å². The van der Waals surface area contributed by atoms with Crippen LogP contribution < -0.4 is 0 Å². The maximum atomic E-state index is 12.5. The highest BCUT2D eigenvalue weighted by atomic mass is 16.5. The van der Waals surface area contributed by atoms with Crippen LogP contribution in [0.2, 0.25) is 0 Å². The molecule has 19 heavy (non-hydrogen) atoms. The Morgan fingerprint density at radius 3 is 2.37 bits per heavy atom. The average molecular weight is 248 g/mol. The van der Waals surface area contributed by atoms with Gasteiger partial charge in [0.15, 0.2) is 5.78 Å². The van der Waals surface area contributed by atoms with E-state index in [1.165, 1.54) is 11.1 Å². The van der Waals surface area contributed by atoms with E-state index in [2.05, 4.69) is 12.1 Å². The molecule has 92 valence electrons. The summed E-state index contributed by atoms with van der Waals surface area (Å²) in [5, 5.41) is 0. The number of Topliss-reactive ketones (excluding diaryl/α,β-unsaturated/α-hetero) is 1. The molecule has 0 unspecified atom stereocenters. The molecule has 4 rings (SSSR count). The Bertz CT molecular complexity index is 726. The van der Waals surface area contributed by atoms with Gasteiger partial charge in [0.05, 0.1) is 0 Å². The van der Waals surface area contributed by atoms with Crippen LogP contribution in [0.1, 0.15) is 27.0 Å². The van der Waals surface area contributed by atoms with Gasteiger partial charge in [-0.3, -0.25) is 4.79 Å². The highest BCUT2D eigenvalue weighted by Gasteiger charge is 2.32. The van der Waals surface area contributed by atoms with E-state index in [0.717, 1.165) is 22.5 Å². The summed E-state index contributed by atoms with van der Waals surface area (Å²) in [6, 6.07) is 15.8. The molecular weight excluding hydrogens is 236 g/mol. The first-order chi connectivity index (χ1) is 9.34. The molecule has 1 aliphatic carbocycles. The van der Waals surface area contributed by atoms with E-state index >= 15 is 0 Å². The van der Waals surface area contributed by atoms with Gasteiger partial charge in [-0.15, -0.1) is 0 Å². The summed E-state index contributed by atoms with van der Waals surface area (Å²) in [4.78, 5) is 12.5. The molecule has 1 aliphatic heterocycles. The van der Waals surface area contributed by atoms with E-state index in [1.54, 1.807) is 0 Å². The first-order valence-corrected chi connectivity index (χ1v) is 6.41. The smallest absolute Gasteiger partial charge is 0.193 e. The third kappa shape index (κ3) is 1.46. The fourth-order valence-electron chi connectivity index (χ4n) is 2.84. The molecule has 0 saturated carbocycles. The number of hydrogen-bond acceptors (Lipinski definition) is 2. The van der Waals surface area contributed by atoms with Gasteiger partial charge in [-0.05, 0) is 11.1 Å². The molecule has 0 N–H and O–H groups in total. The van der Waals surface area contributed by atoms with Gasteiger partial charge >= 0.3 is 0 Å². The lowest BCUT2D eigenvalue weighted by molar-refractivity contribution is 0.103. The molecule has 0 bridgehead atoms. The second kappa shape index (κ2) is 3.82. The predicted octanol–water partition coefficient (Wildman–Crippen LogP) is 3.37. The lowest BCUT2D eigenvalue weighted by Gasteiger charge is -2.08. The van der Waals surface area contributed by atoms with Crippen molar-refractivity contribution in [1.82, 2.24) is 0 Å². The highest BCUT2D eigenvalue weighted by molar-refractivity contribution is 6.20. The largest absolute Gasteiger partial charge is 0.488 e. The van der Waals surface area contributed by atoms with Crippen LogP contribution in [0.25, 0.3) is 5.76 Å². The van der Waals surface area contributed by atoms with Gasteiger partial charge in [0.2, 0.25) is 0 Å². The van der Waals surface area contributed by atoms with Crippen molar-refractivity contribution in [3.8, 4) is 0 Å². The summed E-state index contributed by atoms with van der Waals surface area (Å²) in [7, 11) is 0. The van der Waals surface area contributed by atoms with Gasteiger partial charge < -0.3 is 4.74 Å².